The number of hydrogen-bond acceptors (Lipinski definition) is 5. The van der Waals surface area contributed by atoms with Crippen molar-refractivity contribution in [2.24, 2.45) is 0 Å². The molecule has 6 nitrogen and oxygen atoms in total. The molecule has 2 N–H and O–H groups in total. The van der Waals surface area contributed by atoms with Crippen molar-refractivity contribution in [3.63, 3.8) is 0 Å². The summed E-state index contributed by atoms with van der Waals surface area (Å²) < 4.78 is 15.3. The molecule has 0 aromatic heterocycles. The molecule has 90 valence electrons. The second-order valence-corrected chi connectivity index (χ2v) is 3.52. The molecule has 1 heterocycles. The molecule has 0 saturated heterocycles. The van der Waals surface area contributed by atoms with Gasteiger partial charge in [-0.15, -0.1) is 0 Å². The van der Waals surface area contributed by atoms with Crippen LogP contribution in [0, 0.1) is 0 Å². The van der Waals surface area contributed by atoms with Gasteiger partial charge in [0.2, 0.25) is 0 Å². The van der Waals surface area contributed by atoms with Gasteiger partial charge in [-0.05, 0) is 11.6 Å². The lowest BCUT2D eigenvalue weighted by atomic mass is 9.78. The van der Waals surface area contributed by atoms with Gasteiger partial charge < -0.3 is 24.3 Å². The molecule has 0 unspecified atom stereocenters. The van der Waals surface area contributed by atoms with Crippen molar-refractivity contribution >= 4 is 18.6 Å². The summed E-state index contributed by atoms with van der Waals surface area (Å²) in [6.45, 7) is -0.168. The van der Waals surface area contributed by atoms with E-state index in [4.69, 9.17) is 19.2 Å². The standard InChI is InChI=1S/C10H11BO6/c1-15-10-7(16-5-8(12)13)3-2-6-4-17-11(14)9(6)10/h2-3,14H,4-5H2,1H3,(H,12,13). The minimum atomic E-state index is -1.08. The average Bonchev–Trinajstić information content (AvgIpc) is 2.68. The Bertz CT molecular complexity index is 447. The van der Waals surface area contributed by atoms with Crippen molar-refractivity contribution in [1.82, 2.24) is 0 Å². The van der Waals surface area contributed by atoms with Crippen molar-refractivity contribution in [3.05, 3.63) is 17.7 Å². The fraction of sp³-hybridized carbons (Fsp3) is 0.300. The molecule has 1 aromatic rings. The number of methoxy groups -OCH3 is 1. The van der Waals surface area contributed by atoms with Crippen LogP contribution in [0.2, 0.25) is 0 Å². The monoisotopic (exact) mass is 238 g/mol. The Balaban J connectivity index is 2.34. The molecule has 0 atom stereocenters. The number of rotatable bonds is 4. The molecule has 1 aliphatic rings. The molecule has 0 radical (unpaired) electrons. The number of benzene rings is 1. The van der Waals surface area contributed by atoms with Crippen molar-refractivity contribution in [2.45, 2.75) is 6.61 Å². The van der Waals surface area contributed by atoms with Crippen molar-refractivity contribution < 1.29 is 29.1 Å². The van der Waals surface area contributed by atoms with Crippen LogP contribution >= 0.6 is 0 Å². The van der Waals surface area contributed by atoms with Crippen LogP contribution in [0.5, 0.6) is 11.5 Å². The Hall–Kier alpha value is -1.73. The molecule has 0 spiro atoms. The van der Waals surface area contributed by atoms with E-state index in [0.29, 0.717) is 17.8 Å². The van der Waals surface area contributed by atoms with E-state index in [2.05, 4.69) is 0 Å². The summed E-state index contributed by atoms with van der Waals surface area (Å²) in [5, 5.41) is 18.2. The maximum atomic E-state index is 10.4. The number of aliphatic carboxylic acids is 1. The van der Waals surface area contributed by atoms with Gasteiger partial charge in [0.25, 0.3) is 0 Å². The van der Waals surface area contributed by atoms with E-state index >= 15 is 0 Å². The van der Waals surface area contributed by atoms with Crippen LogP contribution < -0.4 is 14.9 Å². The van der Waals surface area contributed by atoms with Gasteiger partial charge in [0.1, 0.15) is 0 Å². The van der Waals surface area contributed by atoms with Gasteiger partial charge in [-0.2, -0.15) is 0 Å². The summed E-state index contributed by atoms with van der Waals surface area (Å²) in [6, 6.07) is 3.31. The molecule has 0 fully saturated rings. The zero-order chi connectivity index (χ0) is 12.4. The number of hydrogen-bond donors (Lipinski definition) is 2. The van der Waals surface area contributed by atoms with Gasteiger partial charge in [0.05, 0.1) is 13.7 Å². The number of carboxylic acids is 1. The second-order valence-electron chi connectivity index (χ2n) is 3.52. The maximum absolute atomic E-state index is 10.4. The highest BCUT2D eigenvalue weighted by molar-refractivity contribution is 6.62. The van der Waals surface area contributed by atoms with Gasteiger partial charge in [-0.25, -0.2) is 4.79 Å². The normalized spacial score (nSPS) is 13.4. The topological polar surface area (TPSA) is 85.2 Å². The molecule has 0 saturated carbocycles. The zero-order valence-electron chi connectivity index (χ0n) is 9.17. The van der Waals surface area contributed by atoms with Gasteiger partial charge >= 0.3 is 13.1 Å². The van der Waals surface area contributed by atoms with Crippen LogP contribution in [-0.2, 0) is 16.1 Å². The van der Waals surface area contributed by atoms with E-state index in [1.165, 1.54) is 7.11 Å². The van der Waals surface area contributed by atoms with E-state index in [0.717, 1.165) is 5.56 Å². The molecule has 7 heteroatoms. The van der Waals surface area contributed by atoms with E-state index in [-0.39, 0.29) is 5.75 Å². The van der Waals surface area contributed by atoms with Crippen LogP contribution in [0.1, 0.15) is 5.56 Å². The zero-order valence-corrected chi connectivity index (χ0v) is 9.17. The molecule has 0 amide bonds. The van der Waals surface area contributed by atoms with Crippen molar-refractivity contribution in [3.8, 4) is 11.5 Å². The van der Waals surface area contributed by atoms with Crippen LogP contribution in [0.4, 0.5) is 0 Å². The lowest BCUT2D eigenvalue weighted by molar-refractivity contribution is -0.139. The first-order valence-electron chi connectivity index (χ1n) is 4.97. The highest BCUT2D eigenvalue weighted by Gasteiger charge is 2.33. The number of carbonyl (C=O) groups is 1. The quantitative estimate of drug-likeness (QED) is 0.679. The molecule has 17 heavy (non-hydrogen) atoms. The summed E-state index contributed by atoms with van der Waals surface area (Å²) >= 11 is 0. The van der Waals surface area contributed by atoms with Crippen molar-refractivity contribution in [2.75, 3.05) is 13.7 Å². The highest BCUT2D eigenvalue weighted by Crippen LogP contribution is 2.29. The Morgan fingerprint density at radius 1 is 1.59 bits per heavy atom. The van der Waals surface area contributed by atoms with Gasteiger partial charge in [-0.3, -0.25) is 0 Å². The van der Waals surface area contributed by atoms with E-state index in [9.17, 15) is 9.82 Å². The summed E-state index contributed by atoms with van der Waals surface area (Å²) in [5.41, 5.74) is 1.30. The summed E-state index contributed by atoms with van der Waals surface area (Å²) in [7, 11) is 0.363. The van der Waals surface area contributed by atoms with E-state index < -0.39 is 19.7 Å². The first-order valence-corrected chi connectivity index (χ1v) is 4.97. The predicted molar refractivity (Wildman–Crippen MR) is 58.5 cm³/mol. The number of ether oxygens (including phenoxy) is 2. The van der Waals surface area contributed by atoms with Gasteiger partial charge in [0.15, 0.2) is 18.1 Å². The number of fused-ring (bicyclic) bond motifs is 1. The summed E-state index contributed by atoms with van der Waals surface area (Å²) in [5.74, 6) is -0.490. The average molecular weight is 238 g/mol. The predicted octanol–water partition coefficient (Wildman–Crippen LogP) is -0.624. The molecular formula is C10H11BO6. The second kappa shape index (κ2) is 4.64. The van der Waals surface area contributed by atoms with Crippen LogP contribution in [0.3, 0.4) is 0 Å². The number of carboxylic acid groups (broad SMARTS) is 1. The SMILES string of the molecule is COc1c(OCC(=O)O)ccc2c1B(O)OC2. The third-order valence-electron chi connectivity index (χ3n) is 2.45. The first-order chi connectivity index (χ1) is 8.13. The Labute approximate surface area is 97.9 Å². The fourth-order valence-electron chi connectivity index (χ4n) is 1.73. The molecule has 0 aliphatic carbocycles. The lowest BCUT2D eigenvalue weighted by Gasteiger charge is -2.12. The largest absolute Gasteiger partial charge is 0.495 e. The van der Waals surface area contributed by atoms with E-state index in [1.807, 2.05) is 0 Å². The maximum Gasteiger partial charge on any atom is 0.495 e. The fourth-order valence-corrected chi connectivity index (χ4v) is 1.73. The minimum Gasteiger partial charge on any atom is -0.493 e. The van der Waals surface area contributed by atoms with Crippen LogP contribution in [0.25, 0.3) is 0 Å². The Kier molecular flexibility index (Phi) is 3.21. The van der Waals surface area contributed by atoms with Crippen molar-refractivity contribution in [1.29, 1.82) is 0 Å². The molecular weight excluding hydrogens is 227 g/mol. The first kappa shape index (κ1) is 11.8. The molecule has 1 aromatic carbocycles. The molecule has 0 bridgehead atoms. The van der Waals surface area contributed by atoms with Gasteiger partial charge in [0, 0.05) is 5.46 Å². The third-order valence-corrected chi connectivity index (χ3v) is 2.45. The summed E-state index contributed by atoms with van der Waals surface area (Å²) in [4.78, 5) is 10.4. The third kappa shape index (κ3) is 2.20. The minimum absolute atomic E-state index is 0.276. The Morgan fingerprint density at radius 3 is 3.00 bits per heavy atom. The lowest BCUT2D eigenvalue weighted by Crippen LogP contribution is -2.30. The summed E-state index contributed by atoms with van der Waals surface area (Å²) in [6.07, 6.45) is 0. The van der Waals surface area contributed by atoms with E-state index in [1.54, 1.807) is 12.1 Å². The highest BCUT2D eigenvalue weighted by atomic mass is 16.5. The molecule has 1 aliphatic heterocycles. The molecule has 2 rings (SSSR count). The van der Waals surface area contributed by atoms with Crippen LogP contribution in [0.15, 0.2) is 12.1 Å². The Morgan fingerprint density at radius 2 is 2.35 bits per heavy atom. The van der Waals surface area contributed by atoms with Crippen LogP contribution in [-0.4, -0.2) is 36.9 Å². The smallest absolute Gasteiger partial charge is 0.493 e. The van der Waals surface area contributed by atoms with Gasteiger partial charge in [-0.1, -0.05) is 6.07 Å².